The normalized spacial score (nSPS) is 12.0. The Morgan fingerprint density at radius 2 is 2.14 bits per heavy atom. The molecule has 0 fully saturated rings. The van der Waals surface area contributed by atoms with E-state index in [1.54, 1.807) is 31.0 Å². The molecule has 2 heterocycles. The van der Waals surface area contributed by atoms with E-state index in [-0.39, 0.29) is 11.6 Å². The number of esters is 1. The predicted molar refractivity (Wildman–Crippen MR) is 72.3 cm³/mol. The Labute approximate surface area is 120 Å². The number of methoxy groups -OCH3 is 1. The first-order valence-electron chi connectivity index (χ1n) is 6.23. The average Bonchev–Trinajstić information content (AvgIpc) is 3.10. The molecule has 2 aromatic rings. The maximum Gasteiger partial charge on any atom is 0.360 e. The van der Waals surface area contributed by atoms with Gasteiger partial charge in [-0.3, -0.25) is 9.48 Å². The highest BCUT2D eigenvalue weighted by atomic mass is 16.5. The molecule has 0 aromatic carbocycles. The van der Waals surface area contributed by atoms with Crippen molar-refractivity contribution in [3.63, 3.8) is 0 Å². The van der Waals surface area contributed by atoms with E-state index in [0.717, 1.165) is 0 Å². The van der Waals surface area contributed by atoms with Gasteiger partial charge in [0, 0.05) is 25.9 Å². The molecule has 21 heavy (non-hydrogen) atoms. The van der Waals surface area contributed by atoms with Gasteiger partial charge < -0.3 is 10.1 Å². The summed E-state index contributed by atoms with van der Waals surface area (Å²) < 4.78 is 7.66. The van der Waals surface area contributed by atoms with Gasteiger partial charge in [-0.25, -0.2) is 9.48 Å². The van der Waals surface area contributed by atoms with Crippen molar-refractivity contribution in [3.05, 3.63) is 18.1 Å². The van der Waals surface area contributed by atoms with Crippen LogP contribution in [0.2, 0.25) is 0 Å². The molecule has 9 nitrogen and oxygen atoms in total. The standard InChI is InChI=1S/C12H16N6O3/c1-7(11(19)13-2)18-10(8-5-14-17(3)6-8)9(15-16-18)12(20)21-4/h5-7H,1-4H3,(H,13,19). The molecule has 1 unspecified atom stereocenters. The molecular formula is C12H16N6O3. The minimum absolute atomic E-state index is 0.0428. The number of carbonyl (C=O) groups excluding carboxylic acids is 2. The highest BCUT2D eigenvalue weighted by Gasteiger charge is 2.27. The number of ether oxygens (including phenoxy) is 1. The van der Waals surface area contributed by atoms with Crippen LogP contribution in [0.3, 0.4) is 0 Å². The number of carbonyl (C=O) groups is 2. The first-order valence-corrected chi connectivity index (χ1v) is 6.23. The molecule has 0 saturated carbocycles. The van der Waals surface area contributed by atoms with Crippen molar-refractivity contribution in [1.82, 2.24) is 30.1 Å². The molecule has 2 aromatic heterocycles. The molecule has 2 rings (SSSR count). The molecule has 0 aliphatic carbocycles. The maximum atomic E-state index is 11.8. The number of aromatic nitrogens is 5. The van der Waals surface area contributed by atoms with Gasteiger partial charge in [0.1, 0.15) is 11.7 Å². The Bertz CT molecular complexity index is 674. The Morgan fingerprint density at radius 1 is 1.43 bits per heavy atom. The van der Waals surface area contributed by atoms with Gasteiger partial charge in [-0.15, -0.1) is 5.10 Å². The summed E-state index contributed by atoms with van der Waals surface area (Å²) in [5, 5.41) is 14.3. The Balaban J connectivity index is 2.59. The highest BCUT2D eigenvalue weighted by molar-refractivity contribution is 5.94. The zero-order valence-electron chi connectivity index (χ0n) is 12.2. The smallest absolute Gasteiger partial charge is 0.360 e. The first kappa shape index (κ1) is 14.7. The van der Waals surface area contributed by atoms with E-state index < -0.39 is 12.0 Å². The number of hydrogen-bond acceptors (Lipinski definition) is 6. The summed E-state index contributed by atoms with van der Waals surface area (Å²) in [5.74, 6) is -0.870. The van der Waals surface area contributed by atoms with E-state index in [2.05, 4.69) is 20.7 Å². The lowest BCUT2D eigenvalue weighted by Gasteiger charge is -2.12. The van der Waals surface area contributed by atoms with Crippen molar-refractivity contribution in [3.8, 4) is 11.3 Å². The monoisotopic (exact) mass is 292 g/mol. The second-order valence-corrected chi connectivity index (χ2v) is 4.42. The molecule has 0 aliphatic rings. The minimum Gasteiger partial charge on any atom is -0.464 e. The average molecular weight is 292 g/mol. The second-order valence-electron chi connectivity index (χ2n) is 4.42. The summed E-state index contributed by atoms with van der Waals surface area (Å²) in [7, 11) is 4.54. The highest BCUT2D eigenvalue weighted by Crippen LogP contribution is 2.25. The van der Waals surface area contributed by atoms with Crippen LogP contribution in [-0.2, 0) is 16.6 Å². The number of nitrogens with zero attached hydrogens (tertiary/aromatic N) is 5. The summed E-state index contributed by atoms with van der Waals surface area (Å²) in [5.41, 5.74) is 1.06. The van der Waals surface area contributed by atoms with Crippen molar-refractivity contribution >= 4 is 11.9 Å². The summed E-state index contributed by atoms with van der Waals surface area (Å²) >= 11 is 0. The number of hydrogen-bond donors (Lipinski definition) is 1. The van der Waals surface area contributed by atoms with E-state index in [1.807, 2.05) is 0 Å². The van der Waals surface area contributed by atoms with Crippen molar-refractivity contribution in [2.75, 3.05) is 14.2 Å². The van der Waals surface area contributed by atoms with Gasteiger partial charge in [0.2, 0.25) is 5.91 Å². The molecule has 1 N–H and O–H groups in total. The molecule has 1 atom stereocenters. The first-order chi connectivity index (χ1) is 9.99. The molecule has 9 heteroatoms. The fourth-order valence-electron chi connectivity index (χ4n) is 1.93. The molecule has 1 amide bonds. The second kappa shape index (κ2) is 5.73. The van der Waals surface area contributed by atoms with Crippen molar-refractivity contribution in [2.24, 2.45) is 7.05 Å². The fraction of sp³-hybridized carbons (Fsp3) is 0.417. The molecular weight excluding hydrogens is 276 g/mol. The van der Waals surface area contributed by atoms with Gasteiger partial charge >= 0.3 is 5.97 Å². The summed E-state index contributed by atoms with van der Waals surface area (Å²) in [4.78, 5) is 23.6. The molecule has 0 spiro atoms. The zero-order chi connectivity index (χ0) is 15.6. The van der Waals surface area contributed by atoms with Gasteiger partial charge in [-0.1, -0.05) is 5.21 Å². The van der Waals surface area contributed by atoms with Gasteiger partial charge in [0.05, 0.1) is 13.3 Å². The number of aryl methyl sites for hydroxylation is 1. The minimum atomic E-state index is -0.629. The van der Waals surface area contributed by atoms with E-state index >= 15 is 0 Å². The topological polar surface area (TPSA) is 104 Å². The lowest BCUT2D eigenvalue weighted by atomic mass is 10.2. The van der Waals surface area contributed by atoms with Gasteiger partial charge in [0.15, 0.2) is 5.69 Å². The van der Waals surface area contributed by atoms with E-state index in [0.29, 0.717) is 11.3 Å². The molecule has 0 aliphatic heterocycles. The summed E-state index contributed by atoms with van der Waals surface area (Å²) in [6.45, 7) is 1.66. The lowest BCUT2D eigenvalue weighted by Crippen LogP contribution is -2.29. The van der Waals surface area contributed by atoms with Gasteiger partial charge in [0.25, 0.3) is 0 Å². The number of amides is 1. The van der Waals surface area contributed by atoms with Crippen LogP contribution in [0.1, 0.15) is 23.5 Å². The quantitative estimate of drug-likeness (QED) is 0.781. The third kappa shape index (κ3) is 2.62. The van der Waals surface area contributed by atoms with Crippen LogP contribution < -0.4 is 5.32 Å². The molecule has 112 valence electrons. The summed E-state index contributed by atoms with van der Waals surface area (Å²) in [6, 6.07) is -0.629. The number of likely N-dealkylation sites (N-methyl/N-ethyl adjacent to an activating group) is 1. The maximum absolute atomic E-state index is 11.8. The Kier molecular flexibility index (Phi) is 4.01. The van der Waals surface area contributed by atoms with E-state index in [4.69, 9.17) is 4.74 Å². The van der Waals surface area contributed by atoms with Crippen LogP contribution in [-0.4, -0.2) is 50.8 Å². The third-order valence-corrected chi connectivity index (χ3v) is 3.04. The van der Waals surface area contributed by atoms with Crippen LogP contribution in [0, 0.1) is 0 Å². The van der Waals surface area contributed by atoms with Crippen molar-refractivity contribution < 1.29 is 14.3 Å². The SMILES string of the molecule is CNC(=O)C(C)n1nnc(C(=O)OC)c1-c1cnn(C)c1. The van der Waals surface area contributed by atoms with Crippen molar-refractivity contribution in [1.29, 1.82) is 0 Å². The van der Waals surface area contributed by atoms with Gasteiger partial charge in [-0.2, -0.15) is 5.10 Å². The predicted octanol–water partition coefficient (Wildman–Crippen LogP) is -0.228. The number of rotatable bonds is 4. The summed E-state index contributed by atoms with van der Waals surface area (Å²) in [6.07, 6.45) is 3.27. The Hall–Kier alpha value is -2.71. The zero-order valence-corrected chi connectivity index (χ0v) is 12.2. The number of nitrogens with one attached hydrogen (secondary N) is 1. The third-order valence-electron chi connectivity index (χ3n) is 3.04. The van der Waals surface area contributed by atoms with Gasteiger partial charge in [-0.05, 0) is 6.92 Å². The van der Waals surface area contributed by atoms with Crippen LogP contribution in [0.5, 0.6) is 0 Å². The van der Waals surface area contributed by atoms with Crippen molar-refractivity contribution in [2.45, 2.75) is 13.0 Å². The van der Waals surface area contributed by atoms with Crippen LogP contribution in [0.15, 0.2) is 12.4 Å². The van der Waals surface area contributed by atoms with Crippen LogP contribution in [0.25, 0.3) is 11.3 Å². The molecule has 0 saturated heterocycles. The van der Waals surface area contributed by atoms with E-state index in [9.17, 15) is 9.59 Å². The Morgan fingerprint density at radius 3 is 2.67 bits per heavy atom. The van der Waals surface area contributed by atoms with Crippen LogP contribution in [0.4, 0.5) is 0 Å². The fourth-order valence-corrected chi connectivity index (χ4v) is 1.93. The largest absolute Gasteiger partial charge is 0.464 e. The lowest BCUT2D eigenvalue weighted by molar-refractivity contribution is -0.123. The molecule has 0 bridgehead atoms. The van der Waals surface area contributed by atoms with E-state index in [1.165, 1.54) is 18.8 Å². The molecule has 0 radical (unpaired) electrons. The van der Waals surface area contributed by atoms with Crippen LogP contribution >= 0.6 is 0 Å².